The highest BCUT2D eigenvalue weighted by molar-refractivity contribution is 5.78. The molecule has 1 fully saturated rings. The first-order valence-electron chi connectivity index (χ1n) is 6.31. The summed E-state index contributed by atoms with van der Waals surface area (Å²) in [6.07, 6.45) is 1.81. The summed E-state index contributed by atoms with van der Waals surface area (Å²) in [7, 11) is 3.85. The first kappa shape index (κ1) is 14.4. The molecule has 17 heavy (non-hydrogen) atoms. The van der Waals surface area contributed by atoms with Crippen molar-refractivity contribution >= 4 is 5.97 Å². The molecule has 5 heteroatoms. The molecule has 1 heterocycles. The Labute approximate surface area is 104 Å². The molecule has 1 atom stereocenters. The molecule has 0 spiro atoms. The first-order chi connectivity index (χ1) is 7.98. The minimum Gasteiger partial charge on any atom is -0.480 e. The van der Waals surface area contributed by atoms with E-state index in [1.54, 1.807) is 14.0 Å². The summed E-state index contributed by atoms with van der Waals surface area (Å²) >= 11 is 0. The van der Waals surface area contributed by atoms with Gasteiger partial charge in [-0.1, -0.05) is 0 Å². The third-order valence-electron chi connectivity index (χ3n) is 3.76. The predicted molar refractivity (Wildman–Crippen MR) is 68.3 cm³/mol. The molecule has 1 saturated heterocycles. The predicted octanol–water partition coefficient (Wildman–Crippen LogP) is 0.0767. The van der Waals surface area contributed by atoms with Crippen LogP contribution in [0.25, 0.3) is 0 Å². The van der Waals surface area contributed by atoms with Gasteiger partial charge in [0.15, 0.2) is 0 Å². The van der Waals surface area contributed by atoms with Crippen LogP contribution in [0.4, 0.5) is 0 Å². The van der Waals surface area contributed by atoms with Crippen LogP contribution in [0.2, 0.25) is 0 Å². The van der Waals surface area contributed by atoms with Crippen molar-refractivity contribution in [1.82, 2.24) is 15.1 Å². The number of carboxylic acid groups (broad SMARTS) is 1. The Balaban J connectivity index is 2.41. The maximum atomic E-state index is 11.2. The topological polar surface area (TPSA) is 55.8 Å². The largest absolute Gasteiger partial charge is 0.480 e. The van der Waals surface area contributed by atoms with E-state index in [2.05, 4.69) is 22.2 Å². The molecule has 1 unspecified atom stereocenters. The molecule has 0 aromatic rings. The van der Waals surface area contributed by atoms with Crippen molar-refractivity contribution < 1.29 is 9.90 Å². The Hall–Kier alpha value is -0.650. The maximum absolute atomic E-state index is 11.2. The Morgan fingerprint density at radius 1 is 1.35 bits per heavy atom. The van der Waals surface area contributed by atoms with E-state index in [0.717, 1.165) is 32.7 Å². The number of hydrogen-bond acceptors (Lipinski definition) is 4. The van der Waals surface area contributed by atoms with Crippen molar-refractivity contribution in [2.75, 3.05) is 46.8 Å². The molecule has 0 aromatic heterocycles. The van der Waals surface area contributed by atoms with Gasteiger partial charge in [-0.25, -0.2) is 0 Å². The molecule has 0 aliphatic carbocycles. The molecular formula is C12H25N3O2. The number of nitrogens with zero attached hydrogens (tertiary/aromatic N) is 2. The lowest BCUT2D eigenvalue weighted by molar-refractivity contribution is -0.144. The average Bonchev–Trinajstić information content (AvgIpc) is 2.50. The Kier molecular flexibility index (Phi) is 5.36. The van der Waals surface area contributed by atoms with E-state index >= 15 is 0 Å². The fourth-order valence-electron chi connectivity index (χ4n) is 2.04. The van der Waals surface area contributed by atoms with Gasteiger partial charge in [-0.05, 0) is 47.0 Å². The van der Waals surface area contributed by atoms with Crippen LogP contribution in [-0.2, 0) is 4.79 Å². The Morgan fingerprint density at radius 2 is 2.06 bits per heavy atom. The first-order valence-corrected chi connectivity index (χ1v) is 6.31. The number of nitrogens with one attached hydrogen (secondary N) is 1. The Bertz CT molecular complexity index is 260. The van der Waals surface area contributed by atoms with E-state index in [1.165, 1.54) is 6.42 Å². The molecule has 5 nitrogen and oxygen atoms in total. The summed E-state index contributed by atoms with van der Waals surface area (Å²) < 4.78 is 0. The molecule has 1 rings (SSSR count). The van der Waals surface area contributed by atoms with Crippen LogP contribution < -0.4 is 5.32 Å². The van der Waals surface area contributed by atoms with Crippen LogP contribution >= 0.6 is 0 Å². The van der Waals surface area contributed by atoms with Crippen LogP contribution in [0, 0.1) is 0 Å². The van der Waals surface area contributed by atoms with Gasteiger partial charge in [-0.15, -0.1) is 0 Å². The van der Waals surface area contributed by atoms with Gasteiger partial charge in [0, 0.05) is 19.6 Å². The van der Waals surface area contributed by atoms with E-state index in [9.17, 15) is 9.90 Å². The molecule has 0 aromatic carbocycles. The summed E-state index contributed by atoms with van der Waals surface area (Å²) in [6, 6.07) is 0. The molecule has 2 N–H and O–H groups in total. The molecule has 1 aliphatic heterocycles. The zero-order valence-electron chi connectivity index (χ0n) is 11.2. The highest BCUT2D eigenvalue weighted by Crippen LogP contribution is 2.11. The van der Waals surface area contributed by atoms with Gasteiger partial charge in [-0.3, -0.25) is 4.79 Å². The monoisotopic (exact) mass is 243 g/mol. The van der Waals surface area contributed by atoms with Gasteiger partial charge in [0.05, 0.1) is 0 Å². The standard InChI is InChI=1S/C12H25N3O2/c1-12(13-2,11(16)17)5-8-15-7-4-6-14(3)9-10-15/h13H,4-10H2,1-3H3,(H,16,17). The lowest BCUT2D eigenvalue weighted by Gasteiger charge is -2.28. The normalized spacial score (nSPS) is 23.0. The number of aliphatic carboxylic acids is 1. The molecule has 0 saturated carbocycles. The van der Waals surface area contributed by atoms with Crippen LogP contribution in [-0.4, -0.2) is 73.2 Å². The lowest BCUT2D eigenvalue weighted by atomic mass is 9.98. The molecule has 0 bridgehead atoms. The highest BCUT2D eigenvalue weighted by Gasteiger charge is 2.31. The quantitative estimate of drug-likeness (QED) is 0.716. The van der Waals surface area contributed by atoms with Crippen molar-refractivity contribution in [2.24, 2.45) is 0 Å². The summed E-state index contributed by atoms with van der Waals surface area (Å²) in [6.45, 7) is 6.92. The molecular weight excluding hydrogens is 218 g/mol. The summed E-state index contributed by atoms with van der Waals surface area (Å²) in [4.78, 5) is 15.8. The summed E-state index contributed by atoms with van der Waals surface area (Å²) in [5, 5.41) is 12.1. The summed E-state index contributed by atoms with van der Waals surface area (Å²) in [5.74, 6) is -0.771. The zero-order chi connectivity index (χ0) is 12.9. The van der Waals surface area contributed by atoms with Crippen molar-refractivity contribution in [3.05, 3.63) is 0 Å². The second-order valence-electron chi connectivity index (χ2n) is 5.14. The van der Waals surface area contributed by atoms with E-state index in [-0.39, 0.29) is 0 Å². The maximum Gasteiger partial charge on any atom is 0.323 e. The SMILES string of the molecule is CNC(C)(CCN1CCCN(C)CC1)C(=O)O. The van der Waals surface area contributed by atoms with Crippen LogP contribution in [0.5, 0.6) is 0 Å². The minimum absolute atomic E-state index is 0.641. The van der Waals surface area contributed by atoms with E-state index in [4.69, 9.17) is 0 Å². The number of carbonyl (C=O) groups is 1. The van der Waals surface area contributed by atoms with E-state index in [1.807, 2.05) is 0 Å². The molecule has 0 radical (unpaired) electrons. The second kappa shape index (κ2) is 6.33. The van der Waals surface area contributed by atoms with E-state index < -0.39 is 11.5 Å². The summed E-state index contributed by atoms with van der Waals surface area (Å²) in [5.41, 5.74) is -0.807. The van der Waals surface area contributed by atoms with Crippen LogP contribution in [0.3, 0.4) is 0 Å². The van der Waals surface area contributed by atoms with Gasteiger partial charge < -0.3 is 20.2 Å². The number of carboxylic acids is 1. The number of likely N-dealkylation sites (N-methyl/N-ethyl adjacent to an activating group) is 2. The smallest absolute Gasteiger partial charge is 0.323 e. The lowest BCUT2D eigenvalue weighted by Crippen LogP contribution is -2.49. The fraction of sp³-hybridized carbons (Fsp3) is 0.917. The third kappa shape index (κ3) is 4.26. The van der Waals surface area contributed by atoms with Gasteiger partial charge in [0.2, 0.25) is 0 Å². The fourth-order valence-corrected chi connectivity index (χ4v) is 2.04. The average molecular weight is 243 g/mol. The number of hydrogen-bond donors (Lipinski definition) is 2. The van der Waals surface area contributed by atoms with Crippen molar-refractivity contribution in [2.45, 2.75) is 25.3 Å². The molecule has 0 amide bonds. The van der Waals surface area contributed by atoms with Crippen LogP contribution in [0.1, 0.15) is 19.8 Å². The minimum atomic E-state index is -0.807. The zero-order valence-corrected chi connectivity index (χ0v) is 11.2. The van der Waals surface area contributed by atoms with Gasteiger partial charge >= 0.3 is 5.97 Å². The van der Waals surface area contributed by atoms with Crippen molar-refractivity contribution in [1.29, 1.82) is 0 Å². The second-order valence-corrected chi connectivity index (χ2v) is 5.14. The number of rotatable bonds is 5. The molecule has 1 aliphatic rings. The molecule has 100 valence electrons. The van der Waals surface area contributed by atoms with Crippen molar-refractivity contribution in [3.8, 4) is 0 Å². The van der Waals surface area contributed by atoms with Crippen molar-refractivity contribution in [3.63, 3.8) is 0 Å². The van der Waals surface area contributed by atoms with Gasteiger partial charge in [-0.2, -0.15) is 0 Å². The third-order valence-corrected chi connectivity index (χ3v) is 3.76. The van der Waals surface area contributed by atoms with E-state index in [0.29, 0.717) is 6.42 Å². The van der Waals surface area contributed by atoms with Crippen LogP contribution in [0.15, 0.2) is 0 Å². The highest BCUT2D eigenvalue weighted by atomic mass is 16.4. The van der Waals surface area contributed by atoms with Gasteiger partial charge in [0.25, 0.3) is 0 Å². The van der Waals surface area contributed by atoms with Gasteiger partial charge in [0.1, 0.15) is 5.54 Å². The Morgan fingerprint density at radius 3 is 2.65 bits per heavy atom.